The van der Waals surface area contributed by atoms with E-state index in [4.69, 9.17) is 0 Å². The van der Waals surface area contributed by atoms with Gasteiger partial charge >= 0.3 is 0 Å². The molecule has 1 saturated heterocycles. The van der Waals surface area contributed by atoms with Crippen LogP contribution in [0.15, 0.2) is 35.5 Å². The molecule has 0 saturated carbocycles. The molecule has 0 radical (unpaired) electrons. The molecule has 1 aromatic carbocycles. The highest BCUT2D eigenvalue weighted by Crippen LogP contribution is 2.14. The first-order valence-electron chi connectivity index (χ1n) is 11.1. The molecule has 172 valence electrons. The van der Waals surface area contributed by atoms with Crippen molar-refractivity contribution in [3.8, 4) is 0 Å². The second-order valence-electron chi connectivity index (χ2n) is 7.66. The van der Waals surface area contributed by atoms with Gasteiger partial charge in [0.2, 0.25) is 0 Å². The van der Waals surface area contributed by atoms with Gasteiger partial charge in [-0.15, -0.1) is 35.3 Å². The van der Waals surface area contributed by atoms with Crippen LogP contribution in [0.1, 0.15) is 34.9 Å². The summed E-state index contributed by atoms with van der Waals surface area (Å²) in [6.07, 6.45) is 3.97. The number of rotatable bonds is 9. The average Bonchev–Trinajstić information content (AvgIpc) is 3.25. The molecule has 1 aromatic heterocycles. The predicted octanol–water partition coefficient (Wildman–Crippen LogP) is 3.37. The number of thiazole rings is 1. The van der Waals surface area contributed by atoms with E-state index in [0.29, 0.717) is 0 Å². The average molecular weight is 557 g/mol. The maximum atomic E-state index is 4.49. The first kappa shape index (κ1) is 26.0. The van der Waals surface area contributed by atoms with Gasteiger partial charge in [-0.2, -0.15) is 0 Å². The number of hydrogen-bond acceptors (Lipinski definition) is 5. The molecule has 1 fully saturated rings. The van der Waals surface area contributed by atoms with Crippen molar-refractivity contribution in [2.24, 2.45) is 4.99 Å². The van der Waals surface area contributed by atoms with E-state index in [1.165, 1.54) is 34.1 Å². The number of halogens is 1. The quantitative estimate of drug-likeness (QED) is 0.282. The van der Waals surface area contributed by atoms with Crippen molar-refractivity contribution in [2.45, 2.75) is 39.8 Å². The zero-order chi connectivity index (χ0) is 21.2. The van der Waals surface area contributed by atoms with Crippen molar-refractivity contribution in [3.63, 3.8) is 0 Å². The fourth-order valence-electron chi connectivity index (χ4n) is 3.70. The SMILES string of the molecule is CCc1cnc(CCNC(=NC)NCc2ccccc2CN2CCN(CC)CC2)s1.I. The minimum atomic E-state index is 0. The topological polar surface area (TPSA) is 55.8 Å². The second-order valence-corrected chi connectivity index (χ2v) is 8.86. The van der Waals surface area contributed by atoms with Crippen molar-refractivity contribution in [1.82, 2.24) is 25.4 Å². The summed E-state index contributed by atoms with van der Waals surface area (Å²) in [4.78, 5) is 15.3. The summed E-state index contributed by atoms with van der Waals surface area (Å²) in [5.74, 6) is 0.841. The minimum absolute atomic E-state index is 0. The third-order valence-electron chi connectivity index (χ3n) is 5.68. The number of aliphatic imine (C=N–C) groups is 1. The Bertz CT molecular complexity index is 801. The summed E-state index contributed by atoms with van der Waals surface area (Å²) in [6.45, 7) is 12.8. The Labute approximate surface area is 208 Å². The summed E-state index contributed by atoms with van der Waals surface area (Å²) in [7, 11) is 1.83. The zero-order valence-corrected chi connectivity index (χ0v) is 22.2. The van der Waals surface area contributed by atoms with Gasteiger partial charge in [-0.1, -0.05) is 38.1 Å². The van der Waals surface area contributed by atoms with Gasteiger partial charge in [0.1, 0.15) is 0 Å². The Balaban J connectivity index is 0.00000341. The highest BCUT2D eigenvalue weighted by Gasteiger charge is 2.16. The fraction of sp³-hybridized carbons (Fsp3) is 0.565. The van der Waals surface area contributed by atoms with Crippen molar-refractivity contribution in [3.05, 3.63) is 51.5 Å². The number of benzene rings is 1. The van der Waals surface area contributed by atoms with Gasteiger partial charge in [-0.3, -0.25) is 9.89 Å². The van der Waals surface area contributed by atoms with Gasteiger partial charge < -0.3 is 15.5 Å². The van der Waals surface area contributed by atoms with E-state index < -0.39 is 0 Å². The van der Waals surface area contributed by atoms with Gasteiger partial charge in [0.25, 0.3) is 0 Å². The van der Waals surface area contributed by atoms with Crippen molar-refractivity contribution in [1.29, 1.82) is 0 Å². The van der Waals surface area contributed by atoms with Crippen LogP contribution in [-0.2, 0) is 25.9 Å². The summed E-state index contributed by atoms with van der Waals surface area (Å²) in [5, 5.41) is 8.08. The zero-order valence-electron chi connectivity index (χ0n) is 19.1. The van der Waals surface area contributed by atoms with E-state index in [-0.39, 0.29) is 24.0 Å². The molecule has 2 heterocycles. The van der Waals surface area contributed by atoms with Crippen molar-refractivity contribution >= 4 is 41.3 Å². The van der Waals surface area contributed by atoms with Crippen LogP contribution in [0.2, 0.25) is 0 Å². The Kier molecular flexibility index (Phi) is 11.8. The van der Waals surface area contributed by atoms with Crippen LogP contribution in [0.5, 0.6) is 0 Å². The van der Waals surface area contributed by atoms with Gasteiger partial charge in [0.05, 0.1) is 5.01 Å². The van der Waals surface area contributed by atoms with Gasteiger partial charge in [-0.25, -0.2) is 4.98 Å². The maximum Gasteiger partial charge on any atom is 0.191 e. The minimum Gasteiger partial charge on any atom is -0.356 e. The van der Waals surface area contributed by atoms with E-state index in [1.54, 1.807) is 11.3 Å². The summed E-state index contributed by atoms with van der Waals surface area (Å²) in [5.41, 5.74) is 2.74. The normalized spacial score (nSPS) is 15.5. The number of aromatic nitrogens is 1. The Morgan fingerprint density at radius 2 is 1.77 bits per heavy atom. The number of nitrogens with one attached hydrogen (secondary N) is 2. The summed E-state index contributed by atoms with van der Waals surface area (Å²) < 4.78 is 0. The van der Waals surface area contributed by atoms with Crippen LogP contribution < -0.4 is 10.6 Å². The first-order valence-corrected chi connectivity index (χ1v) is 11.9. The van der Waals surface area contributed by atoms with E-state index >= 15 is 0 Å². The number of aryl methyl sites for hydroxylation is 1. The molecule has 0 bridgehead atoms. The summed E-state index contributed by atoms with van der Waals surface area (Å²) >= 11 is 1.80. The predicted molar refractivity (Wildman–Crippen MR) is 143 cm³/mol. The highest BCUT2D eigenvalue weighted by atomic mass is 127. The lowest BCUT2D eigenvalue weighted by Gasteiger charge is -2.34. The fourth-order valence-corrected chi connectivity index (χ4v) is 4.57. The molecule has 0 atom stereocenters. The highest BCUT2D eigenvalue weighted by molar-refractivity contribution is 14.0. The lowest BCUT2D eigenvalue weighted by atomic mass is 10.1. The molecule has 1 aliphatic heterocycles. The smallest absolute Gasteiger partial charge is 0.191 e. The van der Waals surface area contributed by atoms with Crippen LogP contribution >= 0.6 is 35.3 Å². The molecule has 0 spiro atoms. The van der Waals surface area contributed by atoms with Gasteiger partial charge in [0, 0.05) is 70.4 Å². The Morgan fingerprint density at radius 1 is 1.06 bits per heavy atom. The Hall–Kier alpha value is -1.23. The molecule has 1 aliphatic rings. The summed E-state index contributed by atoms with van der Waals surface area (Å²) in [6, 6.07) is 8.75. The second kappa shape index (κ2) is 14.0. The molecular formula is C23H37IN6S. The van der Waals surface area contributed by atoms with Gasteiger partial charge in [0.15, 0.2) is 5.96 Å². The number of piperazine rings is 1. The third kappa shape index (κ3) is 8.32. The number of nitrogens with zero attached hydrogens (tertiary/aromatic N) is 4. The molecule has 0 unspecified atom stereocenters. The largest absolute Gasteiger partial charge is 0.356 e. The van der Waals surface area contributed by atoms with Crippen molar-refractivity contribution < 1.29 is 0 Å². The molecule has 6 nitrogen and oxygen atoms in total. The molecule has 0 aliphatic carbocycles. The molecular weight excluding hydrogens is 519 g/mol. The lowest BCUT2D eigenvalue weighted by Crippen LogP contribution is -2.45. The molecule has 31 heavy (non-hydrogen) atoms. The molecule has 3 rings (SSSR count). The standard InChI is InChI=1S/C23H36N6S.HI/c1-4-21-17-26-22(30-21)10-11-25-23(24-3)27-16-19-8-6-7-9-20(19)18-29-14-12-28(5-2)13-15-29;/h6-9,17H,4-5,10-16,18H2,1-3H3,(H2,24,25,27);1H. The van der Waals surface area contributed by atoms with E-state index in [2.05, 4.69) is 68.5 Å². The van der Waals surface area contributed by atoms with Crippen LogP contribution in [0, 0.1) is 0 Å². The third-order valence-corrected chi connectivity index (χ3v) is 6.88. The van der Waals surface area contributed by atoms with Crippen molar-refractivity contribution in [2.75, 3.05) is 46.3 Å². The van der Waals surface area contributed by atoms with Crippen LogP contribution in [0.4, 0.5) is 0 Å². The van der Waals surface area contributed by atoms with Crippen LogP contribution in [0.25, 0.3) is 0 Å². The molecule has 2 aromatic rings. The monoisotopic (exact) mass is 556 g/mol. The van der Waals surface area contributed by atoms with Gasteiger partial charge in [-0.05, 0) is 24.1 Å². The molecule has 0 amide bonds. The maximum absolute atomic E-state index is 4.49. The van der Waals surface area contributed by atoms with E-state index in [0.717, 1.165) is 58.1 Å². The number of guanidine groups is 1. The van der Waals surface area contributed by atoms with Crippen LogP contribution in [-0.4, -0.2) is 67.1 Å². The first-order chi connectivity index (χ1) is 14.7. The van der Waals surface area contributed by atoms with Crippen LogP contribution in [0.3, 0.4) is 0 Å². The lowest BCUT2D eigenvalue weighted by molar-refractivity contribution is 0.131. The molecule has 8 heteroatoms. The Morgan fingerprint density at radius 3 is 2.42 bits per heavy atom. The number of hydrogen-bond donors (Lipinski definition) is 2. The molecule has 2 N–H and O–H groups in total. The van der Waals surface area contributed by atoms with E-state index in [9.17, 15) is 0 Å². The van der Waals surface area contributed by atoms with E-state index in [1.807, 2.05) is 13.2 Å². The number of likely N-dealkylation sites (N-methyl/N-ethyl adjacent to an activating group) is 1.